The molecule has 0 unspecified atom stereocenters. The second-order valence-corrected chi connectivity index (χ2v) is 15.1. The molecular weight excluding hydrogens is 548 g/mol. The molecule has 9 nitrogen and oxygen atoms in total. The van der Waals surface area contributed by atoms with E-state index in [2.05, 4.69) is 39.0 Å². The minimum absolute atomic E-state index is 0.118. The zero-order chi connectivity index (χ0) is 29.7. The first-order valence-corrected chi connectivity index (χ1v) is 16.4. The Labute approximate surface area is 247 Å². The Hall–Kier alpha value is -3.63. The normalized spacial score (nSPS) is 19.8. The van der Waals surface area contributed by atoms with Crippen molar-refractivity contribution in [2.24, 2.45) is 9.78 Å². The van der Waals surface area contributed by atoms with Gasteiger partial charge in [-0.1, -0.05) is 51.1 Å². The van der Waals surface area contributed by atoms with Crippen molar-refractivity contribution in [1.29, 1.82) is 0 Å². The fraction of sp³-hybridized carbons (Fsp3) is 0.438. The maximum Gasteiger partial charge on any atom is 0.259 e. The highest BCUT2D eigenvalue weighted by Gasteiger charge is 2.54. The molecule has 220 valence electrons. The van der Waals surface area contributed by atoms with Gasteiger partial charge in [-0.15, -0.1) is 0 Å². The van der Waals surface area contributed by atoms with Crippen LogP contribution in [0.5, 0.6) is 0 Å². The van der Waals surface area contributed by atoms with Crippen LogP contribution in [0.2, 0.25) is 0 Å². The predicted molar refractivity (Wildman–Crippen MR) is 166 cm³/mol. The molecular formula is C32H38N6O3S. The van der Waals surface area contributed by atoms with Crippen molar-refractivity contribution in [1.82, 2.24) is 19.5 Å². The average molecular weight is 587 g/mol. The first-order chi connectivity index (χ1) is 20.0. The fourth-order valence-corrected chi connectivity index (χ4v) is 7.64. The monoisotopic (exact) mass is 586 g/mol. The summed E-state index contributed by atoms with van der Waals surface area (Å²) in [5, 5.41) is 0.946. The van der Waals surface area contributed by atoms with Gasteiger partial charge in [0.25, 0.3) is 5.91 Å². The zero-order valence-corrected chi connectivity index (χ0v) is 25.7. The van der Waals surface area contributed by atoms with Gasteiger partial charge in [-0.25, -0.2) is 19.2 Å². The Morgan fingerprint density at radius 3 is 2.60 bits per heavy atom. The summed E-state index contributed by atoms with van der Waals surface area (Å²) >= 11 is 0. The Morgan fingerprint density at radius 1 is 1.14 bits per heavy atom. The second kappa shape index (κ2) is 10.6. The Morgan fingerprint density at radius 2 is 1.90 bits per heavy atom. The number of anilines is 1. The van der Waals surface area contributed by atoms with Gasteiger partial charge >= 0.3 is 0 Å². The second-order valence-electron chi connectivity index (χ2n) is 12.5. The van der Waals surface area contributed by atoms with Crippen molar-refractivity contribution in [3.8, 4) is 11.4 Å². The van der Waals surface area contributed by atoms with E-state index < -0.39 is 19.9 Å². The lowest BCUT2D eigenvalue weighted by Gasteiger charge is -2.35. The number of benzene rings is 1. The van der Waals surface area contributed by atoms with Crippen LogP contribution in [0.15, 0.2) is 65.3 Å². The van der Waals surface area contributed by atoms with E-state index in [4.69, 9.17) is 19.7 Å². The van der Waals surface area contributed by atoms with Crippen LogP contribution in [0.3, 0.4) is 0 Å². The summed E-state index contributed by atoms with van der Waals surface area (Å²) < 4.78 is 25.6. The fourth-order valence-electron chi connectivity index (χ4n) is 5.52. The predicted octanol–water partition coefficient (Wildman–Crippen LogP) is 5.43. The molecule has 1 aromatic carbocycles. The van der Waals surface area contributed by atoms with Crippen molar-refractivity contribution in [2.75, 3.05) is 30.9 Å². The van der Waals surface area contributed by atoms with Gasteiger partial charge in [0, 0.05) is 54.2 Å². The molecule has 2 fully saturated rings. The number of pyridine rings is 1. The van der Waals surface area contributed by atoms with Gasteiger partial charge in [-0.3, -0.25) is 4.79 Å². The highest BCUT2D eigenvalue weighted by Crippen LogP contribution is 2.53. The molecule has 0 radical (unpaired) electrons. The Balaban J connectivity index is 1.49. The van der Waals surface area contributed by atoms with Gasteiger partial charge in [-0.2, -0.15) is 4.36 Å². The minimum Gasteiger partial charge on any atom is -0.377 e. The van der Waals surface area contributed by atoms with E-state index in [9.17, 15) is 9.00 Å². The molecule has 4 aromatic rings. The standard InChI is InChI=1S/C32H38N6O3S/c1-22-21-41-18-17-38(22)27-19-26(32(13-14-32)42(5,40)36-30(39)31(2,3)4)34-28(35-27)24-11-15-33-29-25(24)12-16-37(29)20-23-9-7-6-8-10-23/h6-12,15-16,19,22H,13-14,17-18,20-21H2,1-5H3/t22-,42-/m1/s1. The van der Waals surface area contributed by atoms with Crippen molar-refractivity contribution >= 4 is 32.5 Å². The molecule has 1 saturated heterocycles. The lowest BCUT2D eigenvalue weighted by molar-refractivity contribution is -0.124. The largest absolute Gasteiger partial charge is 0.377 e. The van der Waals surface area contributed by atoms with Crippen LogP contribution in [-0.2, 0) is 30.6 Å². The van der Waals surface area contributed by atoms with Crippen LogP contribution in [0.4, 0.5) is 5.82 Å². The van der Waals surface area contributed by atoms with Crippen LogP contribution in [0, 0.1) is 5.41 Å². The third kappa shape index (κ3) is 5.22. The van der Waals surface area contributed by atoms with Gasteiger partial charge in [0.05, 0.1) is 39.4 Å². The van der Waals surface area contributed by atoms with Crippen molar-refractivity contribution in [3.63, 3.8) is 0 Å². The van der Waals surface area contributed by atoms with E-state index in [1.807, 2.05) is 36.5 Å². The number of nitrogens with zero attached hydrogens (tertiary/aromatic N) is 6. The van der Waals surface area contributed by atoms with Crippen molar-refractivity contribution < 1.29 is 13.7 Å². The summed E-state index contributed by atoms with van der Waals surface area (Å²) in [6, 6.07) is 16.4. The van der Waals surface area contributed by atoms with Crippen molar-refractivity contribution in [3.05, 3.63) is 72.2 Å². The highest BCUT2D eigenvalue weighted by atomic mass is 32.2. The number of rotatable bonds is 6. The third-order valence-electron chi connectivity index (χ3n) is 8.27. The van der Waals surface area contributed by atoms with Crippen LogP contribution < -0.4 is 4.90 Å². The van der Waals surface area contributed by atoms with Gasteiger partial charge in [0.15, 0.2) is 5.82 Å². The molecule has 10 heteroatoms. The number of hydrogen-bond acceptors (Lipinski definition) is 7. The number of hydrogen-bond donors (Lipinski definition) is 0. The number of ether oxygens (including phenoxy) is 1. The summed E-state index contributed by atoms with van der Waals surface area (Å²) in [6.07, 6.45) is 6.74. The molecule has 1 aliphatic carbocycles. The van der Waals surface area contributed by atoms with E-state index in [0.717, 1.165) is 22.4 Å². The highest BCUT2D eigenvalue weighted by molar-refractivity contribution is 7.94. The van der Waals surface area contributed by atoms with Gasteiger partial charge in [0.2, 0.25) is 0 Å². The Kier molecular flexibility index (Phi) is 7.17. The van der Waals surface area contributed by atoms with E-state index in [1.54, 1.807) is 33.2 Å². The van der Waals surface area contributed by atoms with E-state index >= 15 is 0 Å². The van der Waals surface area contributed by atoms with Gasteiger partial charge in [0.1, 0.15) is 11.5 Å². The van der Waals surface area contributed by atoms with Crippen LogP contribution >= 0.6 is 0 Å². The number of carbonyl (C=O) groups is 1. The summed E-state index contributed by atoms with van der Waals surface area (Å²) in [5.74, 6) is 0.964. The molecule has 0 spiro atoms. The van der Waals surface area contributed by atoms with Gasteiger partial charge in [-0.05, 0) is 37.5 Å². The minimum atomic E-state index is -2.94. The van der Waals surface area contributed by atoms with E-state index in [-0.39, 0.29) is 11.9 Å². The molecule has 2 atom stereocenters. The summed E-state index contributed by atoms with van der Waals surface area (Å²) in [6.45, 7) is 10.1. The molecule has 4 heterocycles. The summed E-state index contributed by atoms with van der Waals surface area (Å²) in [4.78, 5) is 30.0. The molecule has 0 bridgehead atoms. The third-order valence-corrected chi connectivity index (χ3v) is 10.8. The number of aromatic nitrogens is 4. The zero-order valence-electron chi connectivity index (χ0n) is 24.9. The first-order valence-electron chi connectivity index (χ1n) is 14.5. The van der Waals surface area contributed by atoms with Crippen LogP contribution in [0.25, 0.3) is 22.4 Å². The number of amides is 1. The molecule has 0 N–H and O–H groups in total. The molecule has 2 aliphatic rings. The summed E-state index contributed by atoms with van der Waals surface area (Å²) in [7, 11) is -2.94. The molecule has 6 rings (SSSR count). The lowest BCUT2D eigenvalue weighted by atomic mass is 9.96. The quantitative estimate of drug-likeness (QED) is 0.297. The van der Waals surface area contributed by atoms with Crippen LogP contribution in [0.1, 0.15) is 51.8 Å². The molecule has 1 amide bonds. The molecule has 1 aliphatic heterocycles. The van der Waals surface area contributed by atoms with E-state index in [0.29, 0.717) is 50.7 Å². The first kappa shape index (κ1) is 28.5. The molecule has 3 aromatic heterocycles. The lowest BCUT2D eigenvalue weighted by Crippen LogP contribution is -2.44. The topological polar surface area (TPSA) is 103 Å². The van der Waals surface area contributed by atoms with Crippen molar-refractivity contribution in [2.45, 2.75) is 57.9 Å². The molecule has 42 heavy (non-hydrogen) atoms. The number of morpholine rings is 1. The maximum atomic E-state index is 14.2. The SMILES string of the molecule is C[C@@H]1COCCN1c1cc(C2([S@@](C)(=O)=NC(=O)C(C)(C)C)CC2)nc(-c2ccnc3c2ccn3Cc2ccccc2)n1. The smallest absolute Gasteiger partial charge is 0.259 e. The Bertz CT molecular complexity index is 1760. The van der Waals surface area contributed by atoms with E-state index in [1.165, 1.54) is 5.56 Å². The maximum absolute atomic E-state index is 14.2. The molecule has 1 saturated carbocycles. The van der Waals surface area contributed by atoms with Gasteiger partial charge < -0.3 is 14.2 Å². The number of fused-ring (bicyclic) bond motifs is 1. The van der Waals surface area contributed by atoms with Crippen LogP contribution in [-0.4, -0.2) is 61.7 Å². The number of carbonyl (C=O) groups excluding carboxylic acids is 1. The average Bonchev–Trinajstić information content (AvgIpc) is 3.70. The summed E-state index contributed by atoms with van der Waals surface area (Å²) in [5.41, 5.74) is 2.85.